The Morgan fingerprint density at radius 1 is 1.50 bits per heavy atom. The minimum atomic E-state index is -3.60. The standard InChI is InChI=1S/C13H15FO5S/c1-19-7-13(12(15)16)10(11(13)20(2,17)18)8-4-3-5-9(14)6-8/h3-6,10-11H,7H2,1-2H3,(H,15,16)/t10-,11-,13-/m0/s1. The molecule has 1 aromatic rings. The van der Waals surface area contributed by atoms with E-state index in [1.165, 1.54) is 31.4 Å². The van der Waals surface area contributed by atoms with Crippen LogP contribution >= 0.6 is 0 Å². The first-order valence-corrected chi connectivity index (χ1v) is 7.87. The SMILES string of the molecule is COC[C@]1(C(=O)O)[C@@H](c2cccc(F)c2)[C@@H]1S(C)(=O)=O. The van der Waals surface area contributed by atoms with Gasteiger partial charge in [-0.25, -0.2) is 12.8 Å². The van der Waals surface area contributed by atoms with Crippen molar-refractivity contribution in [3.05, 3.63) is 35.6 Å². The van der Waals surface area contributed by atoms with E-state index in [4.69, 9.17) is 4.74 Å². The number of hydrogen-bond donors (Lipinski definition) is 1. The van der Waals surface area contributed by atoms with Crippen molar-refractivity contribution >= 4 is 15.8 Å². The van der Waals surface area contributed by atoms with Crippen LogP contribution in [0.1, 0.15) is 11.5 Å². The second kappa shape index (κ2) is 4.82. The molecule has 7 heteroatoms. The van der Waals surface area contributed by atoms with Gasteiger partial charge in [0.2, 0.25) is 0 Å². The summed E-state index contributed by atoms with van der Waals surface area (Å²) < 4.78 is 41.9. The molecule has 1 aromatic carbocycles. The number of halogens is 1. The molecular formula is C13H15FO5S. The Kier molecular flexibility index (Phi) is 3.60. The van der Waals surface area contributed by atoms with Crippen LogP contribution in [0.3, 0.4) is 0 Å². The van der Waals surface area contributed by atoms with Gasteiger partial charge in [-0.2, -0.15) is 0 Å². The van der Waals surface area contributed by atoms with E-state index in [-0.39, 0.29) is 6.61 Å². The van der Waals surface area contributed by atoms with Crippen LogP contribution < -0.4 is 0 Å². The fourth-order valence-electron chi connectivity index (χ4n) is 2.93. The molecule has 5 nitrogen and oxygen atoms in total. The van der Waals surface area contributed by atoms with Crippen LogP contribution in [-0.4, -0.2) is 44.7 Å². The van der Waals surface area contributed by atoms with E-state index in [2.05, 4.69) is 0 Å². The molecule has 0 radical (unpaired) electrons. The third-order valence-electron chi connectivity index (χ3n) is 3.71. The summed E-state index contributed by atoms with van der Waals surface area (Å²) in [4.78, 5) is 11.6. The third kappa shape index (κ3) is 2.20. The van der Waals surface area contributed by atoms with Gasteiger partial charge >= 0.3 is 5.97 Å². The van der Waals surface area contributed by atoms with Gasteiger partial charge < -0.3 is 9.84 Å². The molecule has 110 valence electrons. The summed E-state index contributed by atoms with van der Waals surface area (Å²) in [6, 6.07) is 5.36. The van der Waals surface area contributed by atoms with Gasteiger partial charge in [-0.1, -0.05) is 12.1 Å². The van der Waals surface area contributed by atoms with E-state index in [0.29, 0.717) is 5.56 Å². The molecule has 0 heterocycles. The van der Waals surface area contributed by atoms with Crippen LogP contribution in [-0.2, 0) is 19.4 Å². The maximum Gasteiger partial charge on any atom is 0.314 e. The maximum atomic E-state index is 13.3. The van der Waals surface area contributed by atoms with Crippen molar-refractivity contribution in [1.82, 2.24) is 0 Å². The van der Waals surface area contributed by atoms with Crippen LogP contribution in [0, 0.1) is 11.2 Å². The van der Waals surface area contributed by atoms with E-state index >= 15 is 0 Å². The number of carboxylic acids is 1. The number of hydrogen-bond acceptors (Lipinski definition) is 4. The number of carboxylic acid groups (broad SMARTS) is 1. The molecule has 0 saturated heterocycles. The molecule has 3 atom stereocenters. The smallest absolute Gasteiger partial charge is 0.314 e. The number of aliphatic carboxylic acids is 1. The van der Waals surface area contributed by atoms with E-state index in [9.17, 15) is 22.7 Å². The van der Waals surface area contributed by atoms with E-state index in [0.717, 1.165) is 6.26 Å². The summed E-state index contributed by atoms with van der Waals surface area (Å²) in [6.07, 6.45) is 0.990. The summed E-state index contributed by atoms with van der Waals surface area (Å²) in [6.45, 7) is -0.235. The van der Waals surface area contributed by atoms with Crippen LogP contribution in [0.4, 0.5) is 4.39 Å². The van der Waals surface area contributed by atoms with Gasteiger partial charge in [0, 0.05) is 19.3 Å². The van der Waals surface area contributed by atoms with Gasteiger partial charge in [0.25, 0.3) is 0 Å². The number of carbonyl (C=O) groups is 1. The molecule has 0 aliphatic heterocycles. The van der Waals surface area contributed by atoms with Crippen molar-refractivity contribution in [1.29, 1.82) is 0 Å². The third-order valence-corrected chi connectivity index (χ3v) is 5.32. The van der Waals surface area contributed by atoms with Crippen LogP contribution in [0.5, 0.6) is 0 Å². The Morgan fingerprint density at radius 3 is 2.60 bits per heavy atom. The molecule has 1 saturated carbocycles. The number of ether oxygens (including phenoxy) is 1. The Balaban J connectivity index is 2.53. The molecule has 0 amide bonds. The molecule has 20 heavy (non-hydrogen) atoms. The average molecular weight is 302 g/mol. The highest BCUT2D eigenvalue weighted by Crippen LogP contribution is 2.63. The number of sulfone groups is 1. The van der Waals surface area contributed by atoms with E-state index in [1.54, 1.807) is 0 Å². The highest BCUT2D eigenvalue weighted by atomic mass is 32.2. The highest BCUT2D eigenvalue weighted by Gasteiger charge is 2.75. The Morgan fingerprint density at radius 2 is 2.15 bits per heavy atom. The van der Waals surface area contributed by atoms with Crippen molar-refractivity contribution in [2.24, 2.45) is 5.41 Å². The summed E-state index contributed by atoms with van der Waals surface area (Å²) in [7, 11) is -2.29. The van der Waals surface area contributed by atoms with Gasteiger partial charge in [-0.3, -0.25) is 4.79 Å². The average Bonchev–Trinajstić information content (AvgIpc) is 3.00. The second-order valence-electron chi connectivity index (χ2n) is 5.06. The van der Waals surface area contributed by atoms with Crippen LogP contribution in [0.15, 0.2) is 24.3 Å². The fraction of sp³-hybridized carbons (Fsp3) is 0.462. The first-order chi connectivity index (χ1) is 9.25. The summed E-state index contributed by atoms with van der Waals surface area (Å²) in [5.41, 5.74) is -1.18. The lowest BCUT2D eigenvalue weighted by Gasteiger charge is -2.11. The van der Waals surface area contributed by atoms with Gasteiger partial charge in [0.05, 0.1) is 11.9 Å². The topological polar surface area (TPSA) is 80.7 Å². The maximum absolute atomic E-state index is 13.3. The molecule has 0 aromatic heterocycles. The van der Waals surface area contributed by atoms with Gasteiger partial charge in [0.15, 0.2) is 9.84 Å². The fourth-order valence-corrected chi connectivity index (χ4v) is 4.83. The van der Waals surface area contributed by atoms with Crippen molar-refractivity contribution in [3.8, 4) is 0 Å². The Hall–Kier alpha value is -1.47. The Bertz CT molecular complexity index is 642. The van der Waals surface area contributed by atoms with E-state index in [1.807, 2.05) is 0 Å². The summed E-state index contributed by atoms with van der Waals surface area (Å²) in [5, 5.41) is 8.33. The molecule has 1 fully saturated rings. The molecule has 1 aliphatic rings. The molecule has 1 N–H and O–H groups in total. The number of benzene rings is 1. The highest BCUT2D eigenvalue weighted by molar-refractivity contribution is 7.91. The minimum absolute atomic E-state index is 0.235. The molecule has 2 rings (SSSR count). The van der Waals surface area contributed by atoms with Crippen molar-refractivity contribution in [2.75, 3.05) is 20.0 Å². The zero-order valence-corrected chi connectivity index (χ0v) is 11.9. The zero-order chi connectivity index (χ0) is 15.1. The van der Waals surface area contributed by atoms with Gasteiger partial charge in [0.1, 0.15) is 11.2 Å². The zero-order valence-electron chi connectivity index (χ0n) is 11.0. The predicted octanol–water partition coefficient (Wildman–Crippen LogP) is 1.05. The van der Waals surface area contributed by atoms with Crippen LogP contribution in [0.25, 0.3) is 0 Å². The summed E-state index contributed by atoms with van der Waals surface area (Å²) in [5.74, 6) is -2.58. The first-order valence-electron chi connectivity index (χ1n) is 5.92. The van der Waals surface area contributed by atoms with Crippen molar-refractivity contribution in [3.63, 3.8) is 0 Å². The van der Waals surface area contributed by atoms with E-state index < -0.39 is 38.2 Å². The lowest BCUT2D eigenvalue weighted by molar-refractivity contribution is -0.145. The minimum Gasteiger partial charge on any atom is -0.481 e. The summed E-state index contributed by atoms with van der Waals surface area (Å²) >= 11 is 0. The molecule has 1 aliphatic carbocycles. The molecule has 0 unspecified atom stereocenters. The first kappa shape index (κ1) is 14.9. The van der Waals surface area contributed by atoms with Crippen molar-refractivity contribution < 1.29 is 27.4 Å². The largest absolute Gasteiger partial charge is 0.481 e. The molecule has 0 bridgehead atoms. The Labute approximate surface area is 116 Å². The number of rotatable bonds is 5. The number of methoxy groups -OCH3 is 1. The lowest BCUT2D eigenvalue weighted by Crippen LogP contribution is -2.28. The quantitative estimate of drug-likeness (QED) is 0.879. The monoisotopic (exact) mass is 302 g/mol. The van der Waals surface area contributed by atoms with Crippen molar-refractivity contribution in [2.45, 2.75) is 11.2 Å². The van der Waals surface area contributed by atoms with Gasteiger partial charge in [-0.15, -0.1) is 0 Å². The lowest BCUT2D eigenvalue weighted by atomic mass is 10.00. The van der Waals surface area contributed by atoms with Crippen LogP contribution in [0.2, 0.25) is 0 Å². The second-order valence-corrected chi connectivity index (χ2v) is 7.23. The molecule has 0 spiro atoms. The normalized spacial score (nSPS) is 29.1. The molecular weight excluding hydrogens is 287 g/mol. The van der Waals surface area contributed by atoms with Gasteiger partial charge in [-0.05, 0) is 17.7 Å². The predicted molar refractivity (Wildman–Crippen MR) is 69.7 cm³/mol.